The summed E-state index contributed by atoms with van der Waals surface area (Å²) in [4.78, 5) is 0. The summed E-state index contributed by atoms with van der Waals surface area (Å²) in [5.41, 5.74) is 1.64. The van der Waals surface area contributed by atoms with Gasteiger partial charge in [0.05, 0.1) is 19.0 Å². The predicted molar refractivity (Wildman–Crippen MR) is 102 cm³/mol. The number of hydrogen-bond donors (Lipinski definition) is 1. The zero-order chi connectivity index (χ0) is 18.6. The van der Waals surface area contributed by atoms with E-state index in [4.69, 9.17) is 9.47 Å². The predicted octanol–water partition coefficient (Wildman–Crippen LogP) is 3.66. The lowest BCUT2D eigenvalue weighted by Gasteiger charge is -2.23. The molecule has 1 aliphatic heterocycles. The Bertz CT molecular complexity index is 834. The van der Waals surface area contributed by atoms with Gasteiger partial charge in [-0.1, -0.05) is 50.2 Å². The van der Waals surface area contributed by atoms with Crippen molar-refractivity contribution in [2.75, 3.05) is 13.2 Å². The molecule has 0 radical (unpaired) electrons. The van der Waals surface area contributed by atoms with Crippen molar-refractivity contribution in [2.45, 2.75) is 32.1 Å². The minimum atomic E-state index is -3.48. The maximum absolute atomic E-state index is 12.7. The van der Waals surface area contributed by atoms with Gasteiger partial charge >= 0.3 is 0 Å². The number of hydrogen-bond acceptors (Lipinski definition) is 4. The van der Waals surface area contributed by atoms with Gasteiger partial charge in [0.1, 0.15) is 0 Å². The summed E-state index contributed by atoms with van der Waals surface area (Å²) in [6.45, 7) is 5.23. The van der Waals surface area contributed by atoms with E-state index in [2.05, 4.69) is 4.72 Å². The van der Waals surface area contributed by atoms with Gasteiger partial charge in [-0.25, -0.2) is 13.1 Å². The van der Waals surface area contributed by atoms with Crippen LogP contribution in [-0.2, 0) is 15.8 Å². The molecule has 0 aliphatic carbocycles. The van der Waals surface area contributed by atoms with Crippen LogP contribution >= 0.6 is 0 Å². The fraction of sp³-hybridized carbons (Fsp3) is 0.400. The first-order valence-corrected chi connectivity index (χ1v) is 10.5. The molecule has 1 atom stereocenters. The number of rotatable bonds is 6. The van der Waals surface area contributed by atoms with Crippen molar-refractivity contribution < 1.29 is 17.9 Å². The Hall–Kier alpha value is -2.05. The number of nitrogens with one attached hydrogen (secondary N) is 1. The van der Waals surface area contributed by atoms with Crippen LogP contribution in [-0.4, -0.2) is 21.6 Å². The van der Waals surface area contributed by atoms with Crippen molar-refractivity contribution in [2.24, 2.45) is 5.92 Å². The standard InChI is InChI=1S/C20H25NO4S/c1-15(2)20(21-26(22,23)14-16-7-4-3-5-8-16)17-9-10-18-19(13-17)25-12-6-11-24-18/h3-5,7-10,13,15,20-21H,6,11-12,14H2,1-2H3/t20-/m1/s1. The Kier molecular flexibility index (Phi) is 5.84. The van der Waals surface area contributed by atoms with Gasteiger partial charge in [0.2, 0.25) is 10.0 Å². The third-order valence-electron chi connectivity index (χ3n) is 4.30. The van der Waals surface area contributed by atoms with E-state index in [1.165, 1.54) is 0 Å². The van der Waals surface area contributed by atoms with E-state index >= 15 is 0 Å². The van der Waals surface area contributed by atoms with E-state index in [1.54, 1.807) is 0 Å². The zero-order valence-electron chi connectivity index (χ0n) is 15.1. The second-order valence-corrected chi connectivity index (χ2v) is 8.59. The van der Waals surface area contributed by atoms with Crippen molar-refractivity contribution in [1.29, 1.82) is 0 Å². The summed E-state index contributed by atoms with van der Waals surface area (Å²) in [5.74, 6) is 1.43. The van der Waals surface area contributed by atoms with Gasteiger partial charge in [0, 0.05) is 12.5 Å². The van der Waals surface area contributed by atoms with Crippen molar-refractivity contribution in [3.05, 3.63) is 59.7 Å². The normalized spacial score (nSPS) is 15.5. The largest absolute Gasteiger partial charge is 0.490 e. The first-order chi connectivity index (χ1) is 12.4. The summed E-state index contributed by atoms with van der Waals surface area (Å²) in [6.07, 6.45) is 0.835. The van der Waals surface area contributed by atoms with Gasteiger partial charge in [-0.2, -0.15) is 0 Å². The second-order valence-electron chi connectivity index (χ2n) is 6.84. The Morgan fingerprint density at radius 2 is 1.69 bits per heavy atom. The fourth-order valence-corrected chi connectivity index (χ4v) is 4.50. The minimum Gasteiger partial charge on any atom is -0.490 e. The first-order valence-electron chi connectivity index (χ1n) is 8.88. The maximum Gasteiger partial charge on any atom is 0.216 e. The van der Waals surface area contributed by atoms with E-state index < -0.39 is 10.0 Å². The third-order valence-corrected chi connectivity index (χ3v) is 5.63. The molecule has 140 valence electrons. The fourth-order valence-electron chi connectivity index (χ4n) is 2.99. The summed E-state index contributed by atoms with van der Waals surface area (Å²) in [6, 6.07) is 14.5. The van der Waals surface area contributed by atoms with E-state index in [0.717, 1.165) is 17.5 Å². The molecule has 3 rings (SSSR count). The molecule has 0 saturated carbocycles. The zero-order valence-corrected chi connectivity index (χ0v) is 16.0. The van der Waals surface area contributed by atoms with Crippen LogP contribution in [0.25, 0.3) is 0 Å². The Morgan fingerprint density at radius 3 is 2.38 bits per heavy atom. The van der Waals surface area contributed by atoms with Crippen LogP contribution in [0, 0.1) is 5.92 Å². The molecule has 0 amide bonds. The van der Waals surface area contributed by atoms with E-state index in [9.17, 15) is 8.42 Å². The first kappa shape index (κ1) is 18.7. The summed E-state index contributed by atoms with van der Waals surface area (Å²) >= 11 is 0. The lowest BCUT2D eigenvalue weighted by Crippen LogP contribution is -2.32. The summed E-state index contributed by atoms with van der Waals surface area (Å²) in [7, 11) is -3.48. The van der Waals surface area contributed by atoms with Gasteiger partial charge in [-0.05, 0) is 29.2 Å². The highest BCUT2D eigenvalue weighted by molar-refractivity contribution is 7.88. The average molecular weight is 375 g/mol. The van der Waals surface area contributed by atoms with E-state index in [-0.39, 0.29) is 17.7 Å². The van der Waals surface area contributed by atoms with Crippen molar-refractivity contribution in [1.82, 2.24) is 4.72 Å². The molecule has 0 aromatic heterocycles. The lowest BCUT2D eigenvalue weighted by atomic mass is 9.97. The van der Waals surface area contributed by atoms with Crippen LogP contribution in [0.2, 0.25) is 0 Å². The molecule has 0 spiro atoms. The third kappa shape index (κ3) is 4.77. The van der Waals surface area contributed by atoms with Crippen LogP contribution in [0.15, 0.2) is 48.5 Å². The molecular formula is C20H25NO4S. The van der Waals surface area contributed by atoms with Crippen LogP contribution in [0.5, 0.6) is 11.5 Å². The van der Waals surface area contributed by atoms with Gasteiger partial charge < -0.3 is 9.47 Å². The Balaban J connectivity index is 1.82. The van der Waals surface area contributed by atoms with E-state index in [1.807, 2.05) is 62.4 Å². The van der Waals surface area contributed by atoms with Crippen molar-refractivity contribution in [3.8, 4) is 11.5 Å². The topological polar surface area (TPSA) is 64.6 Å². The van der Waals surface area contributed by atoms with Gasteiger partial charge in [0.25, 0.3) is 0 Å². The molecule has 0 bridgehead atoms. The molecule has 5 nitrogen and oxygen atoms in total. The summed E-state index contributed by atoms with van der Waals surface area (Å²) < 4.78 is 39.6. The van der Waals surface area contributed by atoms with Crippen molar-refractivity contribution in [3.63, 3.8) is 0 Å². The molecule has 0 unspecified atom stereocenters. The quantitative estimate of drug-likeness (QED) is 0.837. The number of ether oxygens (including phenoxy) is 2. The number of benzene rings is 2. The van der Waals surface area contributed by atoms with Gasteiger partial charge in [-0.3, -0.25) is 0 Å². The molecule has 1 N–H and O–H groups in total. The Morgan fingerprint density at radius 1 is 1.00 bits per heavy atom. The number of fused-ring (bicyclic) bond motifs is 1. The second kappa shape index (κ2) is 8.10. The molecule has 1 aliphatic rings. The molecule has 0 saturated heterocycles. The molecule has 26 heavy (non-hydrogen) atoms. The highest BCUT2D eigenvalue weighted by Gasteiger charge is 2.24. The van der Waals surface area contributed by atoms with E-state index in [0.29, 0.717) is 24.7 Å². The SMILES string of the molecule is CC(C)[C@@H](NS(=O)(=O)Cc1ccccc1)c1ccc2c(c1)OCCCO2. The molecule has 0 fully saturated rings. The molecule has 1 heterocycles. The highest BCUT2D eigenvalue weighted by atomic mass is 32.2. The highest BCUT2D eigenvalue weighted by Crippen LogP contribution is 2.34. The molecular weight excluding hydrogens is 350 g/mol. The van der Waals surface area contributed by atoms with Gasteiger partial charge in [0.15, 0.2) is 11.5 Å². The molecule has 2 aromatic rings. The molecule has 6 heteroatoms. The minimum absolute atomic E-state index is 0.0401. The number of sulfonamides is 1. The van der Waals surface area contributed by atoms with Crippen molar-refractivity contribution >= 4 is 10.0 Å². The smallest absolute Gasteiger partial charge is 0.216 e. The van der Waals surface area contributed by atoms with Crippen LogP contribution in [0.1, 0.15) is 37.4 Å². The van der Waals surface area contributed by atoms with Crippen LogP contribution in [0.3, 0.4) is 0 Å². The summed E-state index contributed by atoms with van der Waals surface area (Å²) in [5, 5.41) is 0. The van der Waals surface area contributed by atoms with Crippen LogP contribution < -0.4 is 14.2 Å². The maximum atomic E-state index is 12.7. The van der Waals surface area contributed by atoms with Crippen LogP contribution in [0.4, 0.5) is 0 Å². The molecule has 2 aromatic carbocycles. The monoisotopic (exact) mass is 375 g/mol. The van der Waals surface area contributed by atoms with Gasteiger partial charge in [-0.15, -0.1) is 0 Å². The Labute approximate surface area is 155 Å². The average Bonchev–Trinajstić information content (AvgIpc) is 2.84. The lowest BCUT2D eigenvalue weighted by molar-refractivity contribution is 0.297.